The molecule has 1 fully saturated rings. The number of fused-ring (bicyclic) bond motifs is 2. The fraction of sp³-hybridized carbons (Fsp3) is 0.625. The molecule has 1 heterocycles. The number of likely N-dealkylation sites (tertiary alicyclic amines) is 1. The fourth-order valence-corrected chi connectivity index (χ4v) is 3.80. The van der Waals surface area contributed by atoms with E-state index >= 15 is 0 Å². The van der Waals surface area contributed by atoms with Crippen LogP contribution in [0.2, 0.25) is 0 Å². The first-order valence-electron chi connectivity index (χ1n) is 7.22. The average Bonchev–Trinajstić information content (AvgIpc) is 2.79. The van der Waals surface area contributed by atoms with Crippen LogP contribution in [0.15, 0.2) is 18.2 Å². The molecule has 2 heteroatoms. The van der Waals surface area contributed by atoms with Crippen LogP contribution in [0.1, 0.15) is 30.9 Å². The number of benzene rings is 1. The van der Waals surface area contributed by atoms with Gasteiger partial charge in [-0.05, 0) is 61.9 Å². The van der Waals surface area contributed by atoms with Gasteiger partial charge in [0.15, 0.2) is 0 Å². The second-order valence-electron chi connectivity index (χ2n) is 5.66. The molecule has 2 atom stereocenters. The van der Waals surface area contributed by atoms with Crippen molar-refractivity contribution in [2.75, 3.05) is 20.2 Å². The van der Waals surface area contributed by atoms with Gasteiger partial charge >= 0.3 is 0 Å². The highest BCUT2D eigenvalue weighted by Crippen LogP contribution is 2.39. The number of ether oxygens (including phenoxy) is 1. The molecule has 1 aliphatic heterocycles. The molecule has 2 nitrogen and oxygen atoms in total. The maximum absolute atomic E-state index is 5.52. The number of hydrogen-bond donors (Lipinski definition) is 0. The molecule has 1 aliphatic carbocycles. The second-order valence-corrected chi connectivity index (χ2v) is 5.66. The van der Waals surface area contributed by atoms with Gasteiger partial charge in [0.1, 0.15) is 5.75 Å². The third-order valence-corrected chi connectivity index (χ3v) is 4.66. The molecule has 0 saturated carbocycles. The summed E-state index contributed by atoms with van der Waals surface area (Å²) in [6, 6.07) is 7.32. The molecule has 1 aromatic rings. The van der Waals surface area contributed by atoms with Crippen molar-refractivity contribution in [2.45, 2.75) is 38.6 Å². The lowest BCUT2D eigenvalue weighted by atomic mass is 9.80. The summed E-state index contributed by atoms with van der Waals surface area (Å²) < 4.78 is 5.52. The van der Waals surface area contributed by atoms with Gasteiger partial charge in [0.25, 0.3) is 0 Å². The average molecular weight is 245 g/mol. The van der Waals surface area contributed by atoms with Gasteiger partial charge in [0.2, 0.25) is 0 Å². The Kier molecular flexibility index (Phi) is 3.29. The molecule has 3 rings (SSSR count). The van der Waals surface area contributed by atoms with Crippen molar-refractivity contribution in [1.29, 1.82) is 0 Å². The lowest BCUT2D eigenvalue weighted by Crippen LogP contribution is -2.38. The van der Waals surface area contributed by atoms with Crippen molar-refractivity contribution in [1.82, 2.24) is 4.90 Å². The van der Waals surface area contributed by atoms with Crippen molar-refractivity contribution in [2.24, 2.45) is 5.92 Å². The molecule has 0 unspecified atom stereocenters. The highest BCUT2D eigenvalue weighted by Gasteiger charge is 2.37. The Labute approximate surface area is 110 Å². The minimum atomic E-state index is 0.782. The van der Waals surface area contributed by atoms with E-state index in [9.17, 15) is 0 Å². The van der Waals surface area contributed by atoms with Gasteiger partial charge in [-0.1, -0.05) is 19.1 Å². The second kappa shape index (κ2) is 4.93. The standard InChI is InChI=1S/C16H23NO/c1-3-8-17-9-7-13-10-14-12(11-15(13)17)5-4-6-16(14)18-2/h4-6,13,15H,3,7-11H2,1-2H3/t13-,15+/m0/s1. The smallest absolute Gasteiger partial charge is 0.122 e. The first-order chi connectivity index (χ1) is 8.83. The largest absolute Gasteiger partial charge is 0.496 e. The number of methoxy groups -OCH3 is 1. The Bertz CT molecular complexity index is 429. The van der Waals surface area contributed by atoms with Crippen LogP contribution in [-0.2, 0) is 12.8 Å². The Morgan fingerprint density at radius 3 is 3.00 bits per heavy atom. The van der Waals surface area contributed by atoms with Gasteiger partial charge in [0, 0.05) is 6.04 Å². The molecule has 98 valence electrons. The normalized spacial score (nSPS) is 26.8. The topological polar surface area (TPSA) is 12.5 Å². The molecule has 1 aromatic carbocycles. The van der Waals surface area contributed by atoms with Crippen LogP contribution in [0.25, 0.3) is 0 Å². The van der Waals surface area contributed by atoms with Crippen LogP contribution < -0.4 is 4.74 Å². The van der Waals surface area contributed by atoms with Gasteiger partial charge in [-0.3, -0.25) is 4.90 Å². The molecule has 0 aromatic heterocycles. The van der Waals surface area contributed by atoms with Crippen LogP contribution in [-0.4, -0.2) is 31.1 Å². The van der Waals surface area contributed by atoms with E-state index in [1.807, 2.05) is 0 Å². The summed E-state index contributed by atoms with van der Waals surface area (Å²) in [4.78, 5) is 2.70. The van der Waals surface area contributed by atoms with E-state index in [0.29, 0.717) is 0 Å². The summed E-state index contributed by atoms with van der Waals surface area (Å²) in [5.74, 6) is 1.94. The molecule has 0 N–H and O–H groups in total. The SMILES string of the molecule is CCCN1CC[C@H]2Cc3c(cccc3OC)C[C@H]21. The molecule has 2 aliphatic rings. The van der Waals surface area contributed by atoms with Gasteiger partial charge < -0.3 is 4.74 Å². The molecular weight excluding hydrogens is 222 g/mol. The van der Waals surface area contributed by atoms with Crippen LogP contribution in [0.3, 0.4) is 0 Å². The zero-order valence-electron chi connectivity index (χ0n) is 11.5. The highest BCUT2D eigenvalue weighted by molar-refractivity contribution is 5.43. The Hall–Kier alpha value is -1.02. The van der Waals surface area contributed by atoms with Gasteiger partial charge in [-0.2, -0.15) is 0 Å². The summed E-state index contributed by atoms with van der Waals surface area (Å²) in [6.07, 6.45) is 5.07. The van der Waals surface area contributed by atoms with E-state index < -0.39 is 0 Å². The zero-order valence-corrected chi connectivity index (χ0v) is 11.5. The van der Waals surface area contributed by atoms with E-state index in [0.717, 1.165) is 17.7 Å². The van der Waals surface area contributed by atoms with Crippen LogP contribution >= 0.6 is 0 Å². The van der Waals surface area contributed by atoms with E-state index in [1.165, 1.54) is 49.9 Å². The van der Waals surface area contributed by atoms with Crippen molar-refractivity contribution in [3.05, 3.63) is 29.3 Å². The molecular formula is C16H23NO. The minimum Gasteiger partial charge on any atom is -0.496 e. The fourth-order valence-electron chi connectivity index (χ4n) is 3.80. The summed E-state index contributed by atoms with van der Waals surface area (Å²) >= 11 is 0. The van der Waals surface area contributed by atoms with E-state index in [1.54, 1.807) is 7.11 Å². The molecule has 18 heavy (non-hydrogen) atoms. The molecule has 1 saturated heterocycles. The Morgan fingerprint density at radius 1 is 1.33 bits per heavy atom. The van der Waals surface area contributed by atoms with Crippen molar-refractivity contribution < 1.29 is 4.74 Å². The quantitative estimate of drug-likeness (QED) is 0.812. The van der Waals surface area contributed by atoms with E-state index in [-0.39, 0.29) is 0 Å². The van der Waals surface area contributed by atoms with Gasteiger partial charge in [0.05, 0.1) is 7.11 Å². The molecule has 0 amide bonds. The predicted octanol–water partition coefficient (Wildman–Crippen LogP) is 2.89. The summed E-state index contributed by atoms with van der Waals surface area (Å²) in [5, 5.41) is 0. The third kappa shape index (κ3) is 1.93. The first kappa shape index (κ1) is 12.0. The third-order valence-electron chi connectivity index (χ3n) is 4.66. The monoisotopic (exact) mass is 245 g/mol. The lowest BCUT2D eigenvalue weighted by molar-refractivity contribution is 0.215. The molecule has 0 spiro atoms. The number of rotatable bonds is 3. The maximum Gasteiger partial charge on any atom is 0.122 e. The van der Waals surface area contributed by atoms with Crippen LogP contribution in [0.5, 0.6) is 5.75 Å². The van der Waals surface area contributed by atoms with E-state index in [2.05, 4.69) is 30.0 Å². The Balaban J connectivity index is 1.87. The minimum absolute atomic E-state index is 0.782. The predicted molar refractivity (Wildman–Crippen MR) is 74.2 cm³/mol. The Morgan fingerprint density at radius 2 is 2.22 bits per heavy atom. The van der Waals surface area contributed by atoms with Crippen molar-refractivity contribution in [3.8, 4) is 5.75 Å². The summed E-state index contributed by atoms with van der Waals surface area (Å²) in [7, 11) is 1.79. The molecule has 0 bridgehead atoms. The van der Waals surface area contributed by atoms with Crippen molar-refractivity contribution >= 4 is 0 Å². The maximum atomic E-state index is 5.52. The number of nitrogens with zero attached hydrogens (tertiary/aromatic N) is 1. The van der Waals surface area contributed by atoms with Crippen molar-refractivity contribution in [3.63, 3.8) is 0 Å². The van der Waals surface area contributed by atoms with E-state index in [4.69, 9.17) is 4.74 Å². The zero-order chi connectivity index (χ0) is 12.5. The lowest BCUT2D eigenvalue weighted by Gasteiger charge is -2.33. The number of hydrogen-bond acceptors (Lipinski definition) is 2. The van der Waals surface area contributed by atoms with Gasteiger partial charge in [-0.25, -0.2) is 0 Å². The van der Waals surface area contributed by atoms with Gasteiger partial charge in [-0.15, -0.1) is 0 Å². The summed E-state index contributed by atoms with van der Waals surface area (Å²) in [6.45, 7) is 4.84. The van der Waals surface area contributed by atoms with Crippen LogP contribution in [0.4, 0.5) is 0 Å². The van der Waals surface area contributed by atoms with Crippen LogP contribution in [0, 0.1) is 5.92 Å². The first-order valence-corrected chi connectivity index (χ1v) is 7.22. The summed E-state index contributed by atoms with van der Waals surface area (Å²) in [5.41, 5.74) is 2.98. The molecule has 0 radical (unpaired) electrons. The highest BCUT2D eigenvalue weighted by atomic mass is 16.5.